The molecule has 0 aromatic heterocycles. The predicted molar refractivity (Wildman–Crippen MR) is 88.2 cm³/mol. The molecule has 0 bridgehead atoms. The zero-order valence-corrected chi connectivity index (χ0v) is 12.6. The van der Waals surface area contributed by atoms with Crippen molar-refractivity contribution in [1.82, 2.24) is 0 Å². The molecular weight excluding hydrogens is 284 g/mol. The maximum absolute atomic E-state index is 13.2. The maximum Gasteiger partial charge on any atom is 0.170 e. The number of hydrogen-bond donors (Lipinski definition) is 0. The third-order valence-corrected chi connectivity index (χ3v) is 5.32. The van der Waals surface area contributed by atoms with Crippen LogP contribution >= 0.6 is 0 Å². The largest absolute Gasteiger partial charge is 0.356 e. The number of carbonyl (C=O) groups excluding carboxylic acids is 1. The summed E-state index contributed by atoms with van der Waals surface area (Å²) >= 11 is 0. The SMILES string of the molecule is O=C1C2=CC=CC3OC23C(c2ccccc2)C1c1ccccc1. The van der Waals surface area contributed by atoms with Crippen LogP contribution in [0.5, 0.6) is 0 Å². The van der Waals surface area contributed by atoms with Crippen LogP contribution in [0.25, 0.3) is 0 Å². The van der Waals surface area contributed by atoms with E-state index >= 15 is 0 Å². The third kappa shape index (κ3) is 1.64. The van der Waals surface area contributed by atoms with E-state index in [1.807, 2.05) is 48.6 Å². The van der Waals surface area contributed by atoms with E-state index in [9.17, 15) is 4.79 Å². The molecule has 3 aliphatic rings. The summed E-state index contributed by atoms with van der Waals surface area (Å²) in [7, 11) is 0. The Morgan fingerprint density at radius 2 is 1.52 bits per heavy atom. The van der Waals surface area contributed by atoms with Gasteiger partial charge in [-0.3, -0.25) is 4.79 Å². The Morgan fingerprint density at radius 1 is 0.870 bits per heavy atom. The highest BCUT2D eigenvalue weighted by Crippen LogP contribution is 2.65. The fourth-order valence-corrected chi connectivity index (χ4v) is 4.32. The fraction of sp³-hybridized carbons (Fsp3) is 0.190. The quantitative estimate of drug-likeness (QED) is 0.790. The van der Waals surface area contributed by atoms with E-state index in [2.05, 4.69) is 30.3 Å². The van der Waals surface area contributed by atoms with Crippen LogP contribution in [0.15, 0.2) is 84.5 Å². The smallest absolute Gasteiger partial charge is 0.170 e. The molecule has 1 saturated heterocycles. The average Bonchev–Trinajstić information content (AvgIpc) is 3.29. The molecule has 1 heterocycles. The van der Waals surface area contributed by atoms with Crippen molar-refractivity contribution in [2.75, 3.05) is 0 Å². The average molecular weight is 300 g/mol. The van der Waals surface area contributed by atoms with Gasteiger partial charge in [-0.25, -0.2) is 0 Å². The van der Waals surface area contributed by atoms with Crippen molar-refractivity contribution < 1.29 is 9.53 Å². The van der Waals surface area contributed by atoms with Crippen molar-refractivity contribution in [1.29, 1.82) is 0 Å². The summed E-state index contributed by atoms with van der Waals surface area (Å²) in [4.78, 5) is 13.2. The molecule has 23 heavy (non-hydrogen) atoms. The standard InChI is InChI=1S/C21H16O2/c22-20-16-12-7-13-17-21(16,23-17)19(15-10-5-2-6-11-15)18(20)14-8-3-1-4-9-14/h1-13,17-19H. The highest BCUT2D eigenvalue weighted by molar-refractivity contribution is 6.08. The molecular formula is C21H16O2. The Labute approximate surface area is 135 Å². The maximum atomic E-state index is 13.2. The Hall–Kier alpha value is -2.45. The minimum Gasteiger partial charge on any atom is -0.356 e. The monoisotopic (exact) mass is 300 g/mol. The summed E-state index contributed by atoms with van der Waals surface area (Å²) in [6.07, 6.45) is 6.01. The van der Waals surface area contributed by atoms with Gasteiger partial charge >= 0.3 is 0 Å². The molecule has 1 aliphatic heterocycles. The Bertz CT molecular complexity index is 835. The van der Waals surface area contributed by atoms with E-state index in [1.54, 1.807) is 0 Å². The second-order valence-electron chi connectivity index (χ2n) is 6.44. The van der Waals surface area contributed by atoms with Crippen LogP contribution in [0, 0.1) is 0 Å². The first-order chi connectivity index (χ1) is 11.3. The van der Waals surface area contributed by atoms with Crippen LogP contribution in [0.4, 0.5) is 0 Å². The molecule has 4 unspecified atom stereocenters. The molecule has 1 spiro atoms. The Kier molecular flexibility index (Phi) is 2.56. The van der Waals surface area contributed by atoms with Gasteiger partial charge in [0, 0.05) is 11.5 Å². The summed E-state index contributed by atoms with van der Waals surface area (Å²) in [5, 5.41) is 0. The van der Waals surface area contributed by atoms with Crippen molar-refractivity contribution in [3.63, 3.8) is 0 Å². The zero-order chi connectivity index (χ0) is 15.4. The molecule has 0 N–H and O–H groups in total. The highest BCUT2D eigenvalue weighted by atomic mass is 16.6. The van der Waals surface area contributed by atoms with Crippen molar-refractivity contribution in [3.8, 4) is 0 Å². The fourth-order valence-electron chi connectivity index (χ4n) is 4.32. The first-order valence-corrected chi connectivity index (χ1v) is 8.03. The Morgan fingerprint density at radius 3 is 2.22 bits per heavy atom. The van der Waals surface area contributed by atoms with E-state index in [4.69, 9.17) is 4.74 Å². The van der Waals surface area contributed by atoms with Gasteiger partial charge in [0.1, 0.15) is 11.7 Å². The minimum atomic E-state index is -0.451. The molecule has 2 nitrogen and oxygen atoms in total. The number of Topliss-reactive ketones (excluding diaryl/α,β-unsaturated/α-hetero) is 1. The van der Waals surface area contributed by atoms with Crippen molar-refractivity contribution in [2.24, 2.45) is 0 Å². The summed E-state index contributed by atoms with van der Waals surface area (Å²) in [6, 6.07) is 20.4. The van der Waals surface area contributed by atoms with E-state index in [0.29, 0.717) is 0 Å². The number of ether oxygens (including phenoxy) is 1. The molecule has 0 amide bonds. The normalized spacial score (nSPS) is 33.8. The van der Waals surface area contributed by atoms with Crippen molar-refractivity contribution >= 4 is 5.78 Å². The minimum absolute atomic E-state index is 0.0327. The van der Waals surface area contributed by atoms with Crippen LogP contribution in [0.2, 0.25) is 0 Å². The van der Waals surface area contributed by atoms with E-state index in [1.165, 1.54) is 5.56 Å². The van der Waals surface area contributed by atoms with Gasteiger partial charge < -0.3 is 4.74 Å². The van der Waals surface area contributed by atoms with Crippen molar-refractivity contribution in [2.45, 2.75) is 23.5 Å². The molecule has 5 rings (SSSR count). The van der Waals surface area contributed by atoms with Gasteiger partial charge in [-0.05, 0) is 11.1 Å². The van der Waals surface area contributed by atoms with Gasteiger partial charge in [0.2, 0.25) is 0 Å². The molecule has 2 heteroatoms. The van der Waals surface area contributed by atoms with Gasteiger partial charge in [0.05, 0.1) is 5.92 Å². The number of rotatable bonds is 2. The van der Waals surface area contributed by atoms with Crippen LogP contribution in [-0.4, -0.2) is 17.5 Å². The number of carbonyl (C=O) groups is 1. The molecule has 2 aliphatic carbocycles. The number of ketones is 1. The molecule has 2 aromatic carbocycles. The predicted octanol–water partition coefficient (Wildman–Crippen LogP) is 3.77. The van der Waals surface area contributed by atoms with Gasteiger partial charge in [0.25, 0.3) is 0 Å². The second kappa shape index (κ2) is 4.53. The van der Waals surface area contributed by atoms with Gasteiger partial charge in [0.15, 0.2) is 5.78 Å². The lowest BCUT2D eigenvalue weighted by atomic mass is 9.77. The van der Waals surface area contributed by atoms with E-state index in [-0.39, 0.29) is 23.7 Å². The second-order valence-corrected chi connectivity index (χ2v) is 6.44. The lowest BCUT2D eigenvalue weighted by Gasteiger charge is -2.23. The van der Waals surface area contributed by atoms with E-state index in [0.717, 1.165) is 11.1 Å². The van der Waals surface area contributed by atoms with Gasteiger partial charge in [-0.2, -0.15) is 0 Å². The van der Waals surface area contributed by atoms with Gasteiger partial charge in [-0.1, -0.05) is 78.9 Å². The highest BCUT2D eigenvalue weighted by Gasteiger charge is 2.72. The molecule has 1 saturated carbocycles. The molecule has 2 aromatic rings. The number of benzene rings is 2. The first kappa shape index (κ1) is 13.0. The summed E-state index contributed by atoms with van der Waals surface area (Å²) < 4.78 is 6.10. The van der Waals surface area contributed by atoms with Crippen molar-refractivity contribution in [3.05, 3.63) is 95.6 Å². The summed E-state index contributed by atoms with van der Waals surface area (Å²) in [5.74, 6) is 0.0754. The topological polar surface area (TPSA) is 29.6 Å². The number of epoxide rings is 1. The van der Waals surface area contributed by atoms with Gasteiger partial charge in [-0.15, -0.1) is 0 Å². The van der Waals surface area contributed by atoms with Crippen LogP contribution in [-0.2, 0) is 9.53 Å². The summed E-state index contributed by atoms with van der Waals surface area (Å²) in [6.45, 7) is 0. The Balaban J connectivity index is 1.72. The lowest BCUT2D eigenvalue weighted by Crippen LogP contribution is -2.24. The molecule has 2 fully saturated rings. The number of hydrogen-bond acceptors (Lipinski definition) is 2. The molecule has 4 atom stereocenters. The lowest BCUT2D eigenvalue weighted by molar-refractivity contribution is -0.116. The number of allylic oxidation sites excluding steroid dienone is 2. The van der Waals surface area contributed by atoms with Crippen LogP contribution in [0.1, 0.15) is 23.0 Å². The van der Waals surface area contributed by atoms with Crippen LogP contribution < -0.4 is 0 Å². The zero-order valence-electron chi connectivity index (χ0n) is 12.6. The first-order valence-electron chi connectivity index (χ1n) is 8.03. The molecule has 112 valence electrons. The van der Waals surface area contributed by atoms with Crippen LogP contribution in [0.3, 0.4) is 0 Å². The summed E-state index contributed by atoms with van der Waals surface area (Å²) in [5.41, 5.74) is 2.64. The molecule has 0 radical (unpaired) electrons. The third-order valence-electron chi connectivity index (χ3n) is 5.32. The van der Waals surface area contributed by atoms with E-state index < -0.39 is 5.60 Å².